The summed E-state index contributed by atoms with van der Waals surface area (Å²) in [6.45, 7) is 0. The second-order valence-corrected chi connectivity index (χ2v) is 4.32. The molecule has 1 N–H and O–H groups in total. The van der Waals surface area contributed by atoms with E-state index >= 15 is 0 Å². The Kier molecular flexibility index (Phi) is 3.14. The van der Waals surface area contributed by atoms with E-state index < -0.39 is 10.9 Å². The van der Waals surface area contributed by atoms with E-state index in [4.69, 9.17) is 5.11 Å². The molecule has 1 fully saturated rings. The maximum Gasteiger partial charge on any atom is 0.337 e. The minimum absolute atomic E-state index is 0.174. The Balaban J connectivity index is 2.39. The molecule has 0 aliphatic heterocycles. The van der Waals surface area contributed by atoms with Crippen molar-refractivity contribution < 1.29 is 14.8 Å². The predicted octanol–water partition coefficient (Wildman–Crippen LogP) is 1.68. The average Bonchev–Trinajstić information content (AvgIpc) is 2.25. The summed E-state index contributed by atoms with van der Waals surface area (Å²) in [6.07, 6.45) is 4.22. The normalized spacial score (nSPS) is 14.9. The van der Waals surface area contributed by atoms with Crippen molar-refractivity contribution in [2.45, 2.75) is 25.3 Å². The predicted molar refractivity (Wildman–Crippen MR) is 63.9 cm³/mol. The number of anilines is 1. The van der Waals surface area contributed by atoms with Gasteiger partial charge in [0.15, 0.2) is 0 Å². The zero-order chi connectivity index (χ0) is 13.3. The lowest BCUT2D eigenvalue weighted by Gasteiger charge is -2.35. The van der Waals surface area contributed by atoms with Gasteiger partial charge in [-0.3, -0.25) is 10.1 Å². The second-order valence-electron chi connectivity index (χ2n) is 4.32. The molecule has 0 radical (unpaired) electrons. The molecule has 0 atom stereocenters. The number of rotatable bonds is 4. The zero-order valence-corrected chi connectivity index (χ0v) is 9.87. The minimum atomic E-state index is -1.22. The van der Waals surface area contributed by atoms with Crippen LogP contribution in [0.25, 0.3) is 0 Å². The van der Waals surface area contributed by atoms with Crippen LogP contribution in [0, 0.1) is 10.1 Å². The molecule has 96 valence electrons. The molecule has 7 heteroatoms. The van der Waals surface area contributed by atoms with Gasteiger partial charge < -0.3 is 10.0 Å². The van der Waals surface area contributed by atoms with Crippen molar-refractivity contribution in [3.8, 4) is 0 Å². The molecular formula is C11H13N3O4. The summed E-state index contributed by atoms with van der Waals surface area (Å²) in [7, 11) is 1.75. The Labute approximate surface area is 103 Å². The number of aromatic nitrogens is 1. The Morgan fingerprint density at radius 1 is 1.61 bits per heavy atom. The van der Waals surface area contributed by atoms with Crippen LogP contribution in [-0.2, 0) is 0 Å². The third kappa shape index (κ3) is 2.11. The van der Waals surface area contributed by atoms with E-state index in [-0.39, 0.29) is 23.1 Å². The molecule has 7 nitrogen and oxygen atoms in total. The summed E-state index contributed by atoms with van der Waals surface area (Å²) in [4.78, 5) is 26.8. The molecule has 1 aromatic heterocycles. The molecule has 0 spiro atoms. The van der Waals surface area contributed by atoms with Crippen LogP contribution < -0.4 is 4.90 Å². The third-order valence-corrected chi connectivity index (χ3v) is 3.25. The lowest BCUT2D eigenvalue weighted by molar-refractivity contribution is -0.384. The Morgan fingerprint density at radius 2 is 2.28 bits per heavy atom. The van der Waals surface area contributed by atoms with Crippen molar-refractivity contribution in [2.24, 2.45) is 0 Å². The van der Waals surface area contributed by atoms with E-state index in [2.05, 4.69) is 4.98 Å². The largest absolute Gasteiger partial charge is 0.478 e. The van der Waals surface area contributed by atoms with Crippen LogP contribution in [0.15, 0.2) is 12.3 Å². The highest BCUT2D eigenvalue weighted by molar-refractivity contribution is 5.88. The lowest BCUT2D eigenvalue weighted by Crippen LogP contribution is -2.38. The highest BCUT2D eigenvalue weighted by Gasteiger charge is 2.29. The molecule has 0 amide bonds. The van der Waals surface area contributed by atoms with Gasteiger partial charge in [-0.15, -0.1) is 0 Å². The molecule has 1 aromatic rings. The number of pyridine rings is 1. The van der Waals surface area contributed by atoms with Gasteiger partial charge in [-0.1, -0.05) is 0 Å². The van der Waals surface area contributed by atoms with Crippen molar-refractivity contribution in [1.29, 1.82) is 0 Å². The monoisotopic (exact) mass is 251 g/mol. The number of aromatic carboxylic acids is 1. The van der Waals surface area contributed by atoms with Crippen LogP contribution in [0.2, 0.25) is 0 Å². The molecule has 0 bridgehead atoms. The molecule has 18 heavy (non-hydrogen) atoms. The van der Waals surface area contributed by atoms with E-state index in [1.54, 1.807) is 11.9 Å². The summed E-state index contributed by atoms with van der Waals surface area (Å²) >= 11 is 0. The maximum absolute atomic E-state index is 11.0. The summed E-state index contributed by atoms with van der Waals surface area (Å²) in [5.41, 5.74) is -0.434. The van der Waals surface area contributed by atoms with Crippen LogP contribution in [-0.4, -0.2) is 34.1 Å². The topological polar surface area (TPSA) is 96.6 Å². The zero-order valence-electron chi connectivity index (χ0n) is 9.87. The number of carboxylic acid groups (broad SMARTS) is 1. The molecular weight excluding hydrogens is 238 g/mol. The van der Waals surface area contributed by atoms with Gasteiger partial charge in [0.25, 0.3) is 0 Å². The molecule has 0 saturated heterocycles. The Hall–Kier alpha value is -2.18. The van der Waals surface area contributed by atoms with E-state index in [0.29, 0.717) is 0 Å². The molecule has 0 unspecified atom stereocenters. The Bertz CT molecular complexity index is 499. The van der Waals surface area contributed by atoms with E-state index in [0.717, 1.165) is 31.5 Å². The van der Waals surface area contributed by atoms with Gasteiger partial charge in [-0.05, 0) is 19.3 Å². The Morgan fingerprint density at radius 3 is 2.72 bits per heavy atom. The summed E-state index contributed by atoms with van der Waals surface area (Å²) in [5.74, 6) is -0.988. The summed E-state index contributed by atoms with van der Waals surface area (Å²) in [6, 6.07) is 1.31. The summed E-state index contributed by atoms with van der Waals surface area (Å²) < 4.78 is 0. The van der Waals surface area contributed by atoms with Gasteiger partial charge in [-0.2, -0.15) is 0 Å². The molecule has 1 saturated carbocycles. The van der Waals surface area contributed by atoms with Crippen LogP contribution in [0.3, 0.4) is 0 Å². The first-order valence-corrected chi connectivity index (χ1v) is 5.61. The average molecular weight is 251 g/mol. The lowest BCUT2D eigenvalue weighted by atomic mass is 9.92. The molecule has 1 heterocycles. The number of hydrogen-bond donors (Lipinski definition) is 1. The molecule has 2 rings (SSSR count). The molecule has 1 aliphatic carbocycles. The third-order valence-electron chi connectivity index (χ3n) is 3.25. The van der Waals surface area contributed by atoms with Crippen LogP contribution in [0.1, 0.15) is 29.6 Å². The number of nitro groups is 1. The van der Waals surface area contributed by atoms with Gasteiger partial charge in [0.05, 0.1) is 10.5 Å². The standard InChI is InChI=1S/C11H13N3O4/c1-13(8-3-2-4-8)10-9(14(17)18)5-7(6-12-10)11(15)16/h5-6,8H,2-4H2,1H3,(H,15,16). The van der Waals surface area contributed by atoms with Crippen molar-refractivity contribution in [2.75, 3.05) is 11.9 Å². The number of hydrogen-bond acceptors (Lipinski definition) is 5. The van der Waals surface area contributed by atoms with Crippen molar-refractivity contribution in [1.82, 2.24) is 4.98 Å². The highest BCUT2D eigenvalue weighted by Crippen LogP contribution is 2.32. The van der Waals surface area contributed by atoms with Gasteiger partial charge in [0, 0.05) is 25.4 Å². The first-order valence-electron chi connectivity index (χ1n) is 5.61. The first-order chi connectivity index (χ1) is 8.50. The van der Waals surface area contributed by atoms with Gasteiger partial charge in [0.1, 0.15) is 0 Å². The van der Waals surface area contributed by atoms with Crippen LogP contribution in [0.5, 0.6) is 0 Å². The van der Waals surface area contributed by atoms with Gasteiger partial charge >= 0.3 is 11.7 Å². The molecule has 1 aliphatic rings. The number of nitrogens with zero attached hydrogens (tertiary/aromatic N) is 3. The quantitative estimate of drug-likeness (QED) is 0.645. The van der Waals surface area contributed by atoms with Crippen molar-refractivity contribution >= 4 is 17.5 Å². The fourth-order valence-electron chi connectivity index (χ4n) is 1.92. The van der Waals surface area contributed by atoms with Crippen molar-refractivity contribution in [3.63, 3.8) is 0 Å². The fraction of sp³-hybridized carbons (Fsp3) is 0.455. The first kappa shape index (κ1) is 12.3. The van der Waals surface area contributed by atoms with E-state index in [1.807, 2.05) is 0 Å². The van der Waals surface area contributed by atoms with Crippen LogP contribution >= 0.6 is 0 Å². The second kappa shape index (κ2) is 4.59. The molecule has 0 aromatic carbocycles. The van der Waals surface area contributed by atoms with E-state index in [1.165, 1.54) is 0 Å². The smallest absolute Gasteiger partial charge is 0.337 e. The summed E-state index contributed by atoms with van der Waals surface area (Å²) in [5, 5.41) is 19.8. The minimum Gasteiger partial charge on any atom is -0.478 e. The van der Waals surface area contributed by atoms with Gasteiger partial charge in [0.2, 0.25) is 5.82 Å². The van der Waals surface area contributed by atoms with Crippen molar-refractivity contribution in [3.05, 3.63) is 27.9 Å². The van der Waals surface area contributed by atoms with E-state index in [9.17, 15) is 14.9 Å². The van der Waals surface area contributed by atoms with Crippen LogP contribution in [0.4, 0.5) is 11.5 Å². The SMILES string of the molecule is CN(c1ncc(C(=O)O)cc1[N+](=O)[O-])C1CCC1. The highest BCUT2D eigenvalue weighted by atomic mass is 16.6. The number of carbonyl (C=O) groups is 1. The maximum atomic E-state index is 11.0. The fourth-order valence-corrected chi connectivity index (χ4v) is 1.92. The number of carboxylic acids is 1. The van der Waals surface area contributed by atoms with Gasteiger partial charge in [-0.25, -0.2) is 9.78 Å².